The number of benzene rings is 4. The molecule has 0 saturated carbocycles. The highest BCUT2D eigenvalue weighted by Gasteiger charge is 2.29. The van der Waals surface area contributed by atoms with E-state index in [1.807, 2.05) is 30.6 Å². The minimum atomic E-state index is -1.28. The Labute approximate surface area is 467 Å². The molecule has 3 heterocycles. The van der Waals surface area contributed by atoms with Crippen LogP contribution in [0.3, 0.4) is 0 Å². The standard InChI is InChI=1S/C19H26FN3O4.C16H19F2N3O2.C14H18FN3O2.C7H2F3N/c1-19(2,3)27-18(24)23-8-6-22(7-9-23)16-13-17(26-11-10-25-5)15(21-4)12-14(16)20;1-16(2,3)23-15(22)21-7-5-20(6-8-21)14-10-11(17)13(19-4)9-12(14)18;1-16-12-9-11(15)13(18-5-3-17-4-6-18)10-14(12)20-8-7-19-2;1-11-7-3-5(9)4(8)2-6(7)10/h12-13H,6-11H2,1-3,5H3;9-10H,5-8H2,1-3H3;9-10,17H,3-8H2,2H3;2-3H. The van der Waals surface area contributed by atoms with Gasteiger partial charge in [0.2, 0.25) is 22.7 Å². The molecule has 0 spiro atoms. The van der Waals surface area contributed by atoms with E-state index in [2.05, 4.69) is 24.7 Å². The molecule has 81 heavy (non-hydrogen) atoms. The summed E-state index contributed by atoms with van der Waals surface area (Å²) < 4.78 is 125. The van der Waals surface area contributed by atoms with Gasteiger partial charge in [0, 0.05) is 98.8 Å². The SMILES string of the molecule is [C-]#[N+]c1cc(F)c(F)cc1F.[C-]#[N+]c1cc(F)c(N2CCN(C(=O)OC(C)(C)C)CC2)cc1F.[C-]#[N+]c1cc(F)c(N2CCN(C(=O)OC(C)(C)C)CC2)cc1OCCOC.[C-]#[N+]c1cc(F)c(N2CCNCC2)cc1OCCOC. The molecule has 18 nitrogen and oxygen atoms in total. The Morgan fingerprint density at radius 2 is 0.765 bits per heavy atom. The fourth-order valence-corrected chi connectivity index (χ4v) is 7.70. The Morgan fingerprint density at radius 1 is 0.444 bits per heavy atom. The van der Waals surface area contributed by atoms with Gasteiger partial charge in [0.25, 0.3) is 0 Å². The van der Waals surface area contributed by atoms with Gasteiger partial charge in [0.05, 0.1) is 56.6 Å². The summed E-state index contributed by atoms with van der Waals surface area (Å²) in [5.74, 6) is -5.04. The normalized spacial score (nSPS) is 14.2. The molecule has 1 N–H and O–H groups in total. The van der Waals surface area contributed by atoms with E-state index >= 15 is 0 Å². The summed E-state index contributed by atoms with van der Waals surface area (Å²) in [6.07, 6.45) is -0.776. The molecule has 4 aromatic rings. The summed E-state index contributed by atoms with van der Waals surface area (Å²) in [7, 11) is 3.13. The van der Waals surface area contributed by atoms with Crippen molar-refractivity contribution in [1.29, 1.82) is 0 Å². The van der Waals surface area contributed by atoms with Crippen molar-refractivity contribution in [3.8, 4) is 11.5 Å². The van der Waals surface area contributed by atoms with E-state index in [9.17, 15) is 40.3 Å². The zero-order valence-corrected chi connectivity index (χ0v) is 46.4. The maximum absolute atomic E-state index is 14.5. The van der Waals surface area contributed by atoms with Gasteiger partial charge in [0.1, 0.15) is 70.8 Å². The van der Waals surface area contributed by atoms with Crippen molar-refractivity contribution in [2.24, 2.45) is 0 Å². The second-order valence-electron chi connectivity index (χ2n) is 19.8. The number of halogens is 7. The third kappa shape index (κ3) is 20.1. The van der Waals surface area contributed by atoms with Crippen LogP contribution in [0.15, 0.2) is 48.5 Å². The molecule has 0 bridgehead atoms. The number of carbonyl (C=O) groups is 2. The quantitative estimate of drug-likeness (QED) is 0.0663. The van der Waals surface area contributed by atoms with Crippen molar-refractivity contribution in [2.45, 2.75) is 52.7 Å². The van der Waals surface area contributed by atoms with E-state index in [4.69, 9.17) is 54.7 Å². The number of methoxy groups -OCH3 is 2. The Morgan fingerprint density at radius 3 is 1.12 bits per heavy atom. The number of anilines is 3. The Balaban J connectivity index is 0.000000241. The second kappa shape index (κ2) is 30.9. The van der Waals surface area contributed by atoms with Gasteiger partial charge >= 0.3 is 12.2 Å². The lowest BCUT2D eigenvalue weighted by atomic mass is 10.2. The third-order valence-electron chi connectivity index (χ3n) is 11.6. The molecule has 0 aromatic heterocycles. The number of hydrogen-bond donors (Lipinski definition) is 1. The lowest BCUT2D eigenvalue weighted by molar-refractivity contribution is 0.0230. The van der Waals surface area contributed by atoms with Crippen molar-refractivity contribution in [3.05, 3.63) is 135 Å². The van der Waals surface area contributed by atoms with Crippen LogP contribution >= 0.6 is 0 Å². The molecule has 0 radical (unpaired) electrons. The number of hydrogen-bond acceptors (Lipinski definition) is 12. The zero-order chi connectivity index (χ0) is 60.0. The first-order valence-corrected chi connectivity index (χ1v) is 25.3. The van der Waals surface area contributed by atoms with Crippen LogP contribution in [0.1, 0.15) is 41.5 Å². The molecule has 3 saturated heterocycles. The minimum absolute atomic E-state index is 0.110. The van der Waals surface area contributed by atoms with Crippen molar-refractivity contribution in [2.75, 3.05) is 134 Å². The van der Waals surface area contributed by atoms with Crippen LogP contribution in [-0.2, 0) is 18.9 Å². The lowest BCUT2D eigenvalue weighted by Crippen LogP contribution is -2.50. The summed E-state index contributed by atoms with van der Waals surface area (Å²) >= 11 is 0. The van der Waals surface area contributed by atoms with Gasteiger partial charge in [0.15, 0.2) is 5.82 Å². The van der Waals surface area contributed by atoms with Gasteiger partial charge in [-0.15, -0.1) is 0 Å². The fourth-order valence-electron chi connectivity index (χ4n) is 7.70. The highest BCUT2D eigenvalue weighted by molar-refractivity contribution is 5.71. The summed E-state index contributed by atoms with van der Waals surface area (Å²) in [6, 6.07) is 8.40. The average molecular weight is 1140 g/mol. The first-order chi connectivity index (χ1) is 38.4. The van der Waals surface area contributed by atoms with Crippen molar-refractivity contribution in [1.82, 2.24) is 15.1 Å². The number of ether oxygens (including phenoxy) is 6. The molecule has 2 amide bonds. The van der Waals surface area contributed by atoms with E-state index in [1.54, 1.807) is 61.8 Å². The smallest absolute Gasteiger partial charge is 0.410 e. The molecular weight excluding hydrogens is 1070 g/mol. The predicted octanol–water partition coefficient (Wildman–Crippen LogP) is 11.5. The average Bonchev–Trinajstić information content (AvgIpc) is 3.45. The van der Waals surface area contributed by atoms with E-state index in [1.165, 1.54) is 12.1 Å². The predicted molar refractivity (Wildman–Crippen MR) is 290 cm³/mol. The van der Waals surface area contributed by atoms with Crippen LogP contribution in [-0.4, -0.2) is 152 Å². The number of nitrogens with one attached hydrogen (secondary N) is 1. The second-order valence-corrected chi connectivity index (χ2v) is 19.8. The largest absolute Gasteiger partial charge is 0.502 e. The van der Waals surface area contributed by atoms with Crippen LogP contribution in [0.4, 0.5) is 80.1 Å². The van der Waals surface area contributed by atoms with Crippen LogP contribution in [0.2, 0.25) is 0 Å². The summed E-state index contributed by atoms with van der Waals surface area (Å²) in [5, 5.41) is 3.22. The number of amides is 2. The molecular formula is C56H65F7N10O8. The Kier molecular flexibility index (Phi) is 24.9. The van der Waals surface area contributed by atoms with E-state index in [0.717, 1.165) is 38.3 Å². The topological polar surface area (TPSA) is 135 Å². The Bertz CT molecular complexity index is 2950. The monoisotopic (exact) mass is 1140 g/mol. The summed E-state index contributed by atoms with van der Waals surface area (Å²) in [5.41, 5.74) is -0.688. The first kappa shape index (κ1) is 65.3. The fraction of sp³-hybridized carbons (Fsp3) is 0.464. The van der Waals surface area contributed by atoms with Crippen molar-refractivity contribution in [3.63, 3.8) is 0 Å². The highest BCUT2D eigenvalue weighted by Crippen LogP contribution is 2.37. The third-order valence-corrected chi connectivity index (χ3v) is 11.6. The van der Waals surface area contributed by atoms with Gasteiger partial charge < -0.3 is 58.2 Å². The van der Waals surface area contributed by atoms with Crippen LogP contribution in [0.25, 0.3) is 19.4 Å². The van der Waals surface area contributed by atoms with Crippen molar-refractivity contribution >= 4 is 52.0 Å². The van der Waals surface area contributed by atoms with Crippen molar-refractivity contribution < 1.29 is 68.7 Å². The summed E-state index contributed by atoms with van der Waals surface area (Å²) in [6.45, 7) is 46.1. The minimum Gasteiger partial charge on any atom is -0.502 e. The number of rotatable bonds is 11. The van der Waals surface area contributed by atoms with Gasteiger partial charge in [-0.05, 0) is 84.0 Å². The molecule has 0 unspecified atom stereocenters. The van der Waals surface area contributed by atoms with Gasteiger partial charge in [-0.25, -0.2) is 59.7 Å². The van der Waals surface area contributed by atoms with Gasteiger partial charge in [-0.1, -0.05) is 0 Å². The zero-order valence-electron chi connectivity index (χ0n) is 46.4. The molecule has 3 aliphatic heterocycles. The number of carbonyl (C=O) groups excluding carboxylic acids is 2. The maximum Gasteiger partial charge on any atom is 0.410 e. The molecule has 4 aromatic carbocycles. The molecule has 3 aliphatic rings. The molecule has 7 rings (SSSR count). The molecule has 3 fully saturated rings. The van der Waals surface area contributed by atoms with E-state index < -0.39 is 57.9 Å². The molecule has 25 heteroatoms. The molecule has 0 aliphatic carbocycles. The lowest BCUT2D eigenvalue weighted by Gasteiger charge is -2.37. The number of nitrogens with zero attached hydrogens (tertiary/aromatic N) is 9. The molecule has 0 atom stereocenters. The van der Waals surface area contributed by atoms with Gasteiger partial charge in [-0.2, -0.15) is 0 Å². The van der Waals surface area contributed by atoms with E-state index in [0.29, 0.717) is 107 Å². The number of piperazine rings is 3. The van der Waals surface area contributed by atoms with Gasteiger partial charge in [-0.3, -0.25) is 0 Å². The van der Waals surface area contributed by atoms with E-state index in [-0.39, 0.29) is 41.3 Å². The Hall–Kier alpha value is -8.23. The maximum atomic E-state index is 14.5. The van der Waals surface area contributed by atoms with Crippen LogP contribution in [0, 0.1) is 67.0 Å². The highest BCUT2D eigenvalue weighted by atomic mass is 19.2. The summed E-state index contributed by atoms with van der Waals surface area (Å²) in [4.78, 5) is 45.0. The first-order valence-electron chi connectivity index (χ1n) is 25.3. The molecule has 436 valence electrons. The van der Waals surface area contributed by atoms with Crippen LogP contribution in [0.5, 0.6) is 11.5 Å². The van der Waals surface area contributed by atoms with Crippen LogP contribution < -0.4 is 29.5 Å².